The molecule has 0 bridgehead atoms. The van der Waals surface area contributed by atoms with Crippen molar-refractivity contribution in [3.05, 3.63) is 24.3 Å². The van der Waals surface area contributed by atoms with Crippen LogP contribution in [-0.2, 0) is 0 Å². The van der Waals surface area contributed by atoms with Gasteiger partial charge in [-0.2, -0.15) is 5.48 Å². The Morgan fingerprint density at radius 1 is 1.40 bits per heavy atom. The van der Waals surface area contributed by atoms with Crippen molar-refractivity contribution in [3.8, 4) is 5.75 Å². The Labute approximate surface area is 58.3 Å². The third-order valence-corrected chi connectivity index (χ3v) is 1.25. The van der Waals surface area contributed by atoms with Crippen molar-refractivity contribution in [3.63, 3.8) is 0 Å². The number of nitrogens with one attached hydrogen (secondary N) is 1. The minimum absolute atomic E-state index is 0.737. The summed E-state index contributed by atoms with van der Waals surface area (Å²) in [6.45, 7) is 0. The second-order valence-electron chi connectivity index (χ2n) is 1.90. The molecule has 10 heavy (non-hydrogen) atoms. The molecule has 3 nitrogen and oxygen atoms in total. The quantitative estimate of drug-likeness (QED) is 0.575. The predicted molar refractivity (Wildman–Crippen MR) is 37.3 cm³/mol. The van der Waals surface area contributed by atoms with E-state index in [-0.39, 0.29) is 0 Å². The van der Waals surface area contributed by atoms with Crippen LogP contribution in [0, 0.1) is 0 Å². The third kappa shape index (κ3) is 0.719. The van der Waals surface area contributed by atoms with Crippen molar-refractivity contribution in [2.75, 3.05) is 0 Å². The molecule has 1 aliphatic rings. The smallest absolute Gasteiger partial charge is 0.206 e. The van der Waals surface area contributed by atoms with Crippen molar-refractivity contribution in [2.24, 2.45) is 4.99 Å². The van der Waals surface area contributed by atoms with E-state index in [2.05, 4.69) is 16.8 Å². The summed E-state index contributed by atoms with van der Waals surface area (Å²) < 4.78 is 0. The molecule has 1 N–H and O–H groups in total. The molecule has 1 aromatic carbocycles. The molecule has 1 radical (unpaired) electrons. The van der Waals surface area contributed by atoms with E-state index in [0.29, 0.717) is 0 Å². The highest BCUT2D eigenvalue weighted by Crippen LogP contribution is 2.26. The minimum atomic E-state index is 0.737. The maximum absolute atomic E-state index is 4.97. The summed E-state index contributed by atoms with van der Waals surface area (Å²) in [6.07, 6.45) is 2.49. The van der Waals surface area contributed by atoms with Crippen LogP contribution in [0.5, 0.6) is 5.75 Å². The van der Waals surface area contributed by atoms with Crippen LogP contribution in [0.15, 0.2) is 29.3 Å². The number of hydrogen-bond donors (Lipinski definition) is 1. The summed E-state index contributed by atoms with van der Waals surface area (Å²) in [5, 5.41) is 0. The van der Waals surface area contributed by atoms with Gasteiger partial charge in [-0.15, -0.1) is 0 Å². The van der Waals surface area contributed by atoms with E-state index in [0.717, 1.165) is 11.4 Å². The number of aliphatic imine (C=N–C) groups is 1. The molecule has 0 saturated heterocycles. The molecule has 1 aliphatic heterocycles. The lowest BCUT2D eigenvalue weighted by Crippen LogP contribution is -2.18. The zero-order valence-corrected chi connectivity index (χ0v) is 5.16. The lowest BCUT2D eigenvalue weighted by molar-refractivity contribution is 0.264. The minimum Gasteiger partial charge on any atom is -0.378 e. The molecule has 0 amide bonds. The summed E-state index contributed by atoms with van der Waals surface area (Å²) in [5.41, 5.74) is 3.23. The van der Waals surface area contributed by atoms with Crippen LogP contribution in [0.3, 0.4) is 0 Å². The van der Waals surface area contributed by atoms with E-state index in [9.17, 15) is 0 Å². The zero-order valence-electron chi connectivity index (χ0n) is 5.16. The Bertz CT molecular complexity index is 270. The van der Waals surface area contributed by atoms with E-state index in [1.54, 1.807) is 0 Å². The fraction of sp³-hybridized carbons (Fsp3) is 0. The number of fused-ring (bicyclic) bond motifs is 1. The number of hydroxylamine groups is 1. The lowest BCUT2D eigenvalue weighted by atomic mass is 10.3. The Hall–Kier alpha value is -1.51. The second kappa shape index (κ2) is 2.02. The molecule has 0 atom stereocenters. The fourth-order valence-electron chi connectivity index (χ4n) is 0.797. The van der Waals surface area contributed by atoms with Crippen molar-refractivity contribution >= 4 is 12.0 Å². The topological polar surface area (TPSA) is 33.6 Å². The van der Waals surface area contributed by atoms with Crippen LogP contribution < -0.4 is 10.3 Å². The average molecular weight is 133 g/mol. The van der Waals surface area contributed by atoms with Gasteiger partial charge in [-0.3, -0.25) is 0 Å². The molecule has 0 unspecified atom stereocenters. The van der Waals surface area contributed by atoms with E-state index in [1.807, 2.05) is 24.3 Å². The standard InChI is InChI=1S/C7H5N2O/c1-2-4-7-6(3-1)8-5-9-10-7/h1-4H,(H,8,9). The van der Waals surface area contributed by atoms with Gasteiger partial charge in [0.05, 0.1) is 0 Å². The summed E-state index contributed by atoms with van der Waals surface area (Å²) in [4.78, 5) is 8.88. The summed E-state index contributed by atoms with van der Waals surface area (Å²) in [6, 6.07) is 7.50. The first-order chi connectivity index (χ1) is 4.97. The summed E-state index contributed by atoms with van der Waals surface area (Å²) in [7, 11) is 0. The molecule has 0 saturated carbocycles. The molecule has 49 valence electrons. The van der Waals surface area contributed by atoms with E-state index in [4.69, 9.17) is 4.84 Å². The lowest BCUT2D eigenvalue weighted by Gasteiger charge is -2.09. The molecule has 1 heterocycles. The van der Waals surface area contributed by atoms with Crippen molar-refractivity contribution < 1.29 is 4.84 Å². The fourth-order valence-corrected chi connectivity index (χ4v) is 0.797. The Balaban J connectivity index is 2.54. The average Bonchev–Trinajstić information content (AvgIpc) is 2.05. The molecule has 0 fully saturated rings. The Kier molecular flexibility index (Phi) is 1.07. The molecular weight excluding hydrogens is 128 g/mol. The van der Waals surface area contributed by atoms with Crippen LogP contribution in [0.25, 0.3) is 0 Å². The maximum Gasteiger partial charge on any atom is 0.206 e. The maximum atomic E-state index is 4.97. The molecule has 0 aromatic heterocycles. The summed E-state index contributed by atoms with van der Waals surface area (Å²) >= 11 is 0. The van der Waals surface area contributed by atoms with Gasteiger partial charge in [-0.05, 0) is 12.1 Å². The number of benzene rings is 1. The third-order valence-electron chi connectivity index (χ3n) is 1.25. The Morgan fingerprint density at radius 2 is 2.30 bits per heavy atom. The number of rotatable bonds is 0. The summed E-state index contributed by atoms with van der Waals surface area (Å²) in [5.74, 6) is 0.737. The number of para-hydroxylation sites is 2. The number of hydrogen-bond acceptors (Lipinski definition) is 3. The van der Waals surface area contributed by atoms with Gasteiger partial charge in [0.2, 0.25) is 6.34 Å². The van der Waals surface area contributed by atoms with Gasteiger partial charge in [0, 0.05) is 0 Å². The number of nitrogens with zero attached hydrogens (tertiary/aromatic N) is 1. The van der Waals surface area contributed by atoms with Crippen molar-refractivity contribution in [1.29, 1.82) is 0 Å². The van der Waals surface area contributed by atoms with Gasteiger partial charge in [-0.25, -0.2) is 4.99 Å². The SMILES string of the molecule is [C]1=Nc2ccccc2ON1. The van der Waals surface area contributed by atoms with Gasteiger partial charge in [-0.1, -0.05) is 12.1 Å². The second-order valence-corrected chi connectivity index (χ2v) is 1.90. The van der Waals surface area contributed by atoms with E-state index >= 15 is 0 Å². The molecule has 3 heteroatoms. The van der Waals surface area contributed by atoms with Crippen LogP contribution in [0.2, 0.25) is 0 Å². The zero-order chi connectivity index (χ0) is 6.81. The molecule has 1 aromatic rings. The predicted octanol–water partition coefficient (Wildman–Crippen LogP) is 1.12. The van der Waals surface area contributed by atoms with Gasteiger partial charge in [0.15, 0.2) is 5.75 Å². The first-order valence-electron chi connectivity index (χ1n) is 2.93. The van der Waals surface area contributed by atoms with E-state index < -0.39 is 0 Å². The van der Waals surface area contributed by atoms with Gasteiger partial charge >= 0.3 is 0 Å². The highest BCUT2D eigenvalue weighted by molar-refractivity contribution is 5.66. The molecule has 2 rings (SSSR count). The highest BCUT2D eigenvalue weighted by atomic mass is 16.6. The van der Waals surface area contributed by atoms with Gasteiger partial charge in [0.1, 0.15) is 5.69 Å². The molecule has 0 aliphatic carbocycles. The largest absolute Gasteiger partial charge is 0.378 e. The Morgan fingerprint density at radius 3 is 3.20 bits per heavy atom. The highest BCUT2D eigenvalue weighted by Gasteiger charge is 2.03. The van der Waals surface area contributed by atoms with E-state index in [1.165, 1.54) is 0 Å². The van der Waals surface area contributed by atoms with Crippen molar-refractivity contribution in [2.45, 2.75) is 0 Å². The molecule has 0 spiro atoms. The van der Waals surface area contributed by atoms with Gasteiger partial charge < -0.3 is 4.84 Å². The van der Waals surface area contributed by atoms with Crippen LogP contribution in [0.4, 0.5) is 5.69 Å². The molecular formula is C7H5N2O. The first-order valence-corrected chi connectivity index (χ1v) is 2.93. The van der Waals surface area contributed by atoms with Crippen LogP contribution >= 0.6 is 0 Å². The van der Waals surface area contributed by atoms with Crippen LogP contribution in [0.1, 0.15) is 0 Å². The normalized spacial score (nSPS) is 13.2. The van der Waals surface area contributed by atoms with Crippen molar-refractivity contribution in [1.82, 2.24) is 5.48 Å². The van der Waals surface area contributed by atoms with Crippen LogP contribution in [-0.4, -0.2) is 6.34 Å². The van der Waals surface area contributed by atoms with Gasteiger partial charge in [0.25, 0.3) is 0 Å². The first kappa shape index (κ1) is 5.29. The monoisotopic (exact) mass is 133 g/mol.